The van der Waals surface area contributed by atoms with Gasteiger partial charge < -0.3 is 14.6 Å². The van der Waals surface area contributed by atoms with Crippen LogP contribution in [0.5, 0.6) is 17.2 Å². The zero-order valence-electron chi connectivity index (χ0n) is 7.40. The minimum atomic E-state index is -0.197. The second-order valence-electron chi connectivity index (χ2n) is 2.35. The number of rotatable bonds is 3. The van der Waals surface area contributed by atoms with Crippen molar-refractivity contribution >= 4 is 6.29 Å². The highest BCUT2D eigenvalue weighted by Crippen LogP contribution is 2.34. The van der Waals surface area contributed by atoms with Gasteiger partial charge in [0.25, 0.3) is 0 Å². The Morgan fingerprint density at radius 2 is 1.77 bits per heavy atom. The Hall–Kier alpha value is -1.71. The topological polar surface area (TPSA) is 55.8 Å². The quantitative estimate of drug-likeness (QED) is 0.714. The lowest BCUT2D eigenvalue weighted by Crippen LogP contribution is -1.93. The van der Waals surface area contributed by atoms with Gasteiger partial charge in [-0.2, -0.15) is 0 Å². The summed E-state index contributed by atoms with van der Waals surface area (Å²) in [5.41, 5.74) is 0.0989. The van der Waals surface area contributed by atoms with Gasteiger partial charge in [-0.15, -0.1) is 0 Å². The summed E-state index contributed by atoms with van der Waals surface area (Å²) in [5.74, 6) is 0.382. The van der Waals surface area contributed by atoms with Crippen LogP contribution in [-0.4, -0.2) is 25.6 Å². The van der Waals surface area contributed by atoms with Crippen LogP contribution in [-0.2, 0) is 0 Å². The third-order valence-corrected chi connectivity index (χ3v) is 1.70. The molecule has 1 rings (SSSR count). The average molecular weight is 182 g/mol. The van der Waals surface area contributed by atoms with E-state index in [1.165, 1.54) is 20.3 Å². The molecule has 1 aromatic carbocycles. The number of phenolic OH excluding ortho intramolecular Hbond substituents is 1. The third kappa shape index (κ3) is 1.56. The average Bonchev–Trinajstić information content (AvgIpc) is 2.17. The van der Waals surface area contributed by atoms with Gasteiger partial charge in [-0.25, -0.2) is 0 Å². The Labute approximate surface area is 75.7 Å². The van der Waals surface area contributed by atoms with Gasteiger partial charge in [0.1, 0.15) is 11.3 Å². The summed E-state index contributed by atoms with van der Waals surface area (Å²) in [7, 11) is 2.84. The molecule has 0 spiro atoms. The standard InChI is InChI=1S/C9H10O4/c1-12-7-3-4-8(13-2)9(11)6(7)5-10/h3-5,11H,1-2H3. The molecule has 0 aliphatic rings. The summed E-state index contributed by atoms with van der Waals surface area (Å²) >= 11 is 0. The highest BCUT2D eigenvalue weighted by Gasteiger charge is 2.12. The molecule has 0 radical (unpaired) electrons. The molecule has 1 aromatic rings. The highest BCUT2D eigenvalue weighted by molar-refractivity contribution is 5.85. The predicted molar refractivity (Wildman–Crippen MR) is 46.6 cm³/mol. The zero-order chi connectivity index (χ0) is 9.84. The van der Waals surface area contributed by atoms with Gasteiger partial charge in [0.2, 0.25) is 0 Å². The predicted octanol–water partition coefficient (Wildman–Crippen LogP) is 1.22. The van der Waals surface area contributed by atoms with Crippen LogP contribution in [0.3, 0.4) is 0 Å². The molecule has 0 heterocycles. The van der Waals surface area contributed by atoms with Crippen molar-refractivity contribution < 1.29 is 19.4 Å². The van der Waals surface area contributed by atoms with E-state index in [0.717, 1.165) is 0 Å². The van der Waals surface area contributed by atoms with Gasteiger partial charge in [0.05, 0.1) is 14.2 Å². The molecule has 0 unspecified atom stereocenters. The van der Waals surface area contributed by atoms with E-state index in [9.17, 15) is 9.90 Å². The Bertz CT molecular complexity index is 320. The maximum atomic E-state index is 10.6. The third-order valence-electron chi connectivity index (χ3n) is 1.70. The van der Waals surface area contributed by atoms with E-state index in [4.69, 9.17) is 9.47 Å². The van der Waals surface area contributed by atoms with Crippen LogP contribution < -0.4 is 9.47 Å². The van der Waals surface area contributed by atoms with Crippen LogP contribution in [0.4, 0.5) is 0 Å². The molecule has 1 N–H and O–H groups in total. The number of carbonyl (C=O) groups is 1. The van der Waals surface area contributed by atoms with Gasteiger partial charge >= 0.3 is 0 Å². The molecule has 0 saturated heterocycles. The molecule has 0 saturated carbocycles. The molecule has 0 aliphatic heterocycles. The van der Waals surface area contributed by atoms with Crippen molar-refractivity contribution in [1.82, 2.24) is 0 Å². The molecular formula is C9H10O4. The van der Waals surface area contributed by atoms with Crippen LogP contribution >= 0.6 is 0 Å². The maximum absolute atomic E-state index is 10.6. The second-order valence-corrected chi connectivity index (χ2v) is 2.35. The smallest absolute Gasteiger partial charge is 0.172 e. The molecule has 70 valence electrons. The Morgan fingerprint density at radius 1 is 1.23 bits per heavy atom. The van der Waals surface area contributed by atoms with Crippen molar-refractivity contribution in [2.45, 2.75) is 0 Å². The highest BCUT2D eigenvalue weighted by atomic mass is 16.5. The van der Waals surface area contributed by atoms with Gasteiger partial charge in [-0.3, -0.25) is 4.79 Å². The lowest BCUT2D eigenvalue weighted by Gasteiger charge is -2.08. The molecule has 13 heavy (non-hydrogen) atoms. The fourth-order valence-electron chi connectivity index (χ4n) is 1.03. The van der Waals surface area contributed by atoms with Crippen molar-refractivity contribution in [3.05, 3.63) is 17.7 Å². The first-order valence-electron chi connectivity index (χ1n) is 3.63. The number of aldehydes is 1. The lowest BCUT2D eigenvalue weighted by molar-refractivity contribution is 0.111. The van der Waals surface area contributed by atoms with Crippen LogP contribution in [0.1, 0.15) is 10.4 Å². The van der Waals surface area contributed by atoms with Gasteiger partial charge in [0.15, 0.2) is 17.8 Å². The normalized spacial score (nSPS) is 9.38. The van der Waals surface area contributed by atoms with Gasteiger partial charge in [-0.05, 0) is 12.1 Å². The summed E-state index contributed by atoms with van der Waals surface area (Å²) in [6, 6.07) is 3.09. The van der Waals surface area contributed by atoms with Crippen molar-refractivity contribution in [3.63, 3.8) is 0 Å². The fraction of sp³-hybridized carbons (Fsp3) is 0.222. The number of hydrogen-bond donors (Lipinski definition) is 1. The molecule has 4 nitrogen and oxygen atoms in total. The minimum Gasteiger partial charge on any atom is -0.504 e. The lowest BCUT2D eigenvalue weighted by atomic mass is 10.2. The zero-order valence-corrected chi connectivity index (χ0v) is 7.40. The van der Waals surface area contributed by atoms with E-state index in [2.05, 4.69) is 0 Å². The van der Waals surface area contributed by atoms with Crippen molar-refractivity contribution in [3.8, 4) is 17.2 Å². The number of hydrogen-bond acceptors (Lipinski definition) is 4. The Kier molecular flexibility index (Phi) is 2.74. The molecule has 0 aromatic heterocycles. The number of methoxy groups -OCH3 is 2. The molecule has 4 heteroatoms. The SMILES string of the molecule is COc1ccc(OC)c(C=O)c1O. The molecule has 0 amide bonds. The molecule has 0 aliphatic carbocycles. The fourth-order valence-corrected chi connectivity index (χ4v) is 1.03. The van der Waals surface area contributed by atoms with Crippen LogP contribution in [0.25, 0.3) is 0 Å². The van der Waals surface area contributed by atoms with Crippen molar-refractivity contribution in [1.29, 1.82) is 0 Å². The molecule has 0 bridgehead atoms. The summed E-state index contributed by atoms with van der Waals surface area (Å²) < 4.78 is 9.69. The van der Waals surface area contributed by atoms with E-state index < -0.39 is 0 Å². The van der Waals surface area contributed by atoms with Crippen molar-refractivity contribution in [2.75, 3.05) is 14.2 Å². The number of phenols is 1. The summed E-state index contributed by atoms with van der Waals surface area (Å²) in [6.45, 7) is 0. The van der Waals surface area contributed by atoms with E-state index in [1.54, 1.807) is 6.07 Å². The number of aromatic hydroxyl groups is 1. The van der Waals surface area contributed by atoms with E-state index >= 15 is 0 Å². The van der Waals surface area contributed by atoms with Crippen LogP contribution in [0, 0.1) is 0 Å². The van der Waals surface area contributed by atoms with Gasteiger partial charge in [0, 0.05) is 0 Å². The van der Waals surface area contributed by atoms with Crippen LogP contribution in [0.2, 0.25) is 0 Å². The van der Waals surface area contributed by atoms with E-state index in [-0.39, 0.29) is 17.1 Å². The molecule has 0 atom stereocenters. The Morgan fingerprint density at radius 3 is 2.23 bits per heavy atom. The number of benzene rings is 1. The first-order chi connectivity index (χ1) is 6.24. The first-order valence-corrected chi connectivity index (χ1v) is 3.63. The van der Waals surface area contributed by atoms with Crippen molar-refractivity contribution in [2.24, 2.45) is 0 Å². The number of carbonyl (C=O) groups excluding carboxylic acids is 1. The molecule has 0 fully saturated rings. The summed E-state index contributed by atoms with van der Waals surface area (Å²) in [4.78, 5) is 10.6. The summed E-state index contributed by atoms with van der Waals surface area (Å²) in [5, 5.41) is 9.46. The summed E-state index contributed by atoms with van der Waals surface area (Å²) in [6.07, 6.45) is 0.524. The Balaban J connectivity index is 3.31. The van der Waals surface area contributed by atoms with Gasteiger partial charge in [-0.1, -0.05) is 0 Å². The molecular weight excluding hydrogens is 172 g/mol. The number of ether oxygens (including phenoxy) is 2. The van der Waals surface area contributed by atoms with E-state index in [1.807, 2.05) is 0 Å². The van der Waals surface area contributed by atoms with Crippen LogP contribution in [0.15, 0.2) is 12.1 Å². The second kappa shape index (κ2) is 3.80. The monoisotopic (exact) mass is 182 g/mol. The largest absolute Gasteiger partial charge is 0.504 e. The maximum Gasteiger partial charge on any atom is 0.172 e. The first kappa shape index (κ1) is 9.38. The van der Waals surface area contributed by atoms with E-state index in [0.29, 0.717) is 12.0 Å². The minimum absolute atomic E-state index is 0.0989.